The zero-order chi connectivity index (χ0) is 32.6. The quantitative estimate of drug-likeness (QED) is 0.147. The molecule has 9 aromatic rings. The molecule has 0 radical (unpaired) electrons. The molecule has 49 heavy (non-hydrogen) atoms. The lowest BCUT2D eigenvalue weighted by Gasteiger charge is -2.48. The van der Waals surface area contributed by atoms with E-state index < -0.39 is 24.0 Å². The SMILES string of the molecule is OC1C(c2ccc(N(c3ccccc3)c3ccccc3)c3cc4ccccc4cc23)C(O)C1c1cc2cccc3ccc4cccc1c4c32. The van der Waals surface area contributed by atoms with Crippen molar-refractivity contribution < 1.29 is 10.2 Å². The highest BCUT2D eigenvalue weighted by molar-refractivity contribution is 6.24. The number of para-hydroxylation sites is 2. The van der Waals surface area contributed by atoms with E-state index >= 15 is 0 Å². The second kappa shape index (κ2) is 10.9. The number of hydrogen-bond acceptors (Lipinski definition) is 3. The van der Waals surface area contributed by atoms with Crippen LogP contribution in [-0.2, 0) is 0 Å². The molecule has 1 fully saturated rings. The van der Waals surface area contributed by atoms with Crippen LogP contribution in [0.3, 0.4) is 0 Å². The van der Waals surface area contributed by atoms with Crippen molar-refractivity contribution in [2.45, 2.75) is 24.0 Å². The number of aliphatic hydroxyl groups excluding tert-OH is 2. The Bertz CT molecular complexity index is 2620. The highest BCUT2D eigenvalue weighted by Gasteiger charge is 2.51. The summed E-state index contributed by atoms with van der Waals surface area (Å²) in [4.78, 5) is 2.29. The molecular formula is C46H33NO2. The zero-order valence-electron chi connectivity index (χ0n) is 26.7. The highest BCUT2D eigenvalue weighted by Crippen LogP contribution is 2.53. The monoisotopic (exact) mass is 631 g/mol. The third-order valence-corrected chi connectivity index (χ3v) is 10.9. The molecule has 10 rings (SSSR count). The summed E-state index contributed by atoms with van der Waals surface area (Å²) < 4.78 is 0. The first-order valence-electron chi connectivity index (χ1n) is 17.0. The van der Waals surface area contributed by atoms with Gasteiger partial charge in [-0.1, -0.05) is 121 Å². The minimum Gasteiger partial charge on any atom is -0.392 e. The van der Waals surface area contributed by atoms with Gasteiger partial charge in [0.25, 0.3) is 0 Å². The van der Waals surface area contributed by atoms with Gasteiger partial charge in [-0.05, 0) is 102 Å². The van der Waals surface area contributed by atoms with E-state index in [0.717, 1.165) is 60.5 Å². The van der Waals surface area contributed by atoms with Crippen molar-refractivity contribution >= 4 is 70.9 Å². The Balaban J connectivity index is 1.15. The molecule has 0 heterocycles. The molecule has 0 aromatic heterocycles. The van der Waals surface area contributed by atoms with Crippen LogP contribution >= 0.6 is 0 Å². The highest BCUT2D eigenvalue weighted by atomic mass is 16.3. The van der Waals surface area contributed by atoms with Crippen LogP contribution in [0.25, 0.3) is 53.9 Å². The Hall–Kier alpha value is -5.74. The first-order chi connectivity index (χ1) is 24.2. The van der Waals surface area contributed by atoms with Crippen molar-refractivity contribution in [3.05, 3.63) is 175 Å². The van der Waals surface area contributed by atoms with E-state index in [1.54, 1.807) is 0 Å². The van der Waals surface area contributed by atoms with Crippen molar-refractivity contribution in [1.82, 2.24) is 0 Å². The van der Waals surface area contributed by atoms with Crippen LogP contribution in [0.2, 0.25) is 0 Å². The van der Waals surface area contributed by atoms with E-state index in [1.165, 1.54) is 21.5 Å². The Morgan fingerprint density at radius 1 is 0.367 bits per heavy atom. The second-order valence-corrected chi connectivity index (χ2v) is 13.5. The Labute approximate surface area is 284 Å². The van der Waals surface area contributed by atoms with Gasteiger partial charge in [-0.3, -0.25) is 0 Å². The van der Waals surface area contributed by atoms with Crippen LogP contribution in [0.4, 0.5) is 17.1 Å². The van der Waals surface area contributed by atoms with Gasteiger partial charge in [-0.25, -0.2) is 0 Å². The fourth-order valence-electron chi connectivity index (χ4n) is 8.61. The van der Waals surface area contributed by atoms with Gasteiger partial charge >= 0.3 is 0 Å². The molecule has 0 aliphatic heterocycles. The predicted molar refractivity (Wildman–Crippen MR) is 204 cm³/mol. The van der Waals surface area contributed by atoms with Crippen molar-refractivity contribution in [2.24, 2.45) is 0 Å². The number of rotatable bonds is 5. The maximum Gasteiger partial charge on any atom is 0.0727 e. The van der Waals surface area contributed by atoms with E-state index in [1.807, 2.05) is 12.1 Å². The molecule has 0 spiro atoms. The molecule has 9 aromatic carbocycles. The van der Waals surface area contributed by atoms with Crippen LogP contribution in [0.1, 0.15) is 23.0 Å². The van der Waals surface area contributed by atoms with Crippen LogP contribution < -0.4 is 4.90 Å². The minimum atomic E-state index is -0.749. The fraction of sp³-hybridized carbons (Fsp3) is 0.0870. The molecule has 0 amide bonds. The van der Waals surface area contributed by atoms with Crippen LogP contribution in [0.15, 0.2) is 164 Å². The third kappa shape index (κ3) is 4.23. The smallest absolute Gasteiger partial charge is 0.0727 e. The lowest BCUT2D eigenvalue weighted by Crippen LogP contribution is -2.51. The molecule has 2 atom stereocenters. The van der Waals surface area contributed by atoms with Crippen molar-refractivity contribution in [2.75, 3.05) is 4.90 Å². The van der Waals surface area contributed by atoms with Crippen LogP contribution in [-0.4, -0.2) is 22.4 Å². The maximum absolute atomic E-state index is 12.1. The maximum atomic E-state index is 12.1. The summed E-state index contributed by atoms with van der Waals surface area (Å²) >= 11 is 0. The number of hydrogen-bond donors (Lipinski definition) is 2. The van der Waals surface area contributed by atoms with Crippen molar-refractivity contribution in [1.29, 1.82) is 0 Å². The molecule has 1 aliphatic rings. The van der Waals surface area contributed by atoms with E-state index in [-0.39, 0.29) is 0 Å². The Morgan fingerprint density at radius 3 is 1.57 bits per heavy atom. The van der Waals surface area contributed by atoms with E-state index in [4.69, 9.17) is 0 Å². The summed E-state index contributed by atoms with van der Waals surface area (Å²) in [6, 6.07) is 57.5. The summed E-state index contributed by atoms with van der Waals surface area (Å²) in [6.07, 6.45) is -1.50. The van der Waals surface area contributed by atoms with Gasteiger partial charge < -0.3 is 15.1 Å². The molecule has 2 N–H and O–H groups in total. The number of fused-ring (bicyclic) bond motifs is 2. The average molecular weight is 632 g/mol. The lowest BCUT2D eigenvalue weighted by atomic mass is 9.61. The summed E-state index contributed by atoms with van der Waals surface area (Å²) in [5.74, 6) is -0.836. The Kier molecular flexibility index (Phi) is 6.29. The Morgan fingerprint density at radius 2 is 0.898 bits per heavy atom. The molecule has 3 heteroatoms. The molecule has 1 aliphatic carbocycles. The summed E-state index contributed by atoms with van der Waals surface area (Å²) in [7, 11) is 0. The normalized spacial score (nSPS) is 19.2. The van der Waals surface area contributed by atoms with Crippen molar-refractivity contribution in [3.8, 4) is 0 Å². The fourth-order valence-corrected chi connectivity index (χ4v) is 8.61. The number of aliphatic hydroxyl groups is 2. The van der Waals surface area contributed by atoms with Gasteiger partial charge in [0.05, 0.1) is 17.9 Å². The molecule has 0 saturated heterocycles. The molecule has 1 saturated carbocycles. The molecular weight excluding hydrogens is 599 g/mol. The predicted octanol–water partition coefficient (Wildman–Crippen LogP) is 11.0. The van der Waals surface area contributed by atoms with Gasteiger partial charge in [-0.2, -0.15) is 0 Å². The molecule has 2 unspecified atom stereocenters. The third-order valence-electron chi connectivity index (χ3n) is 10.9. The standard InChI is InChI=1S/C46H33NO2/c48-45-43(46(49)44(45)39-27-32-15-9-13-28-21-22-29-14-10-20-35(39)42(29)41(28)32)36-23-24-40(38-26-31-12-8-7-11-30(31)25-37(36)38)47(33-16-3-1-4-17-33)34-18-5-2-6-19-34/h1-27,43-46,48-49H. The largest absolute Gasteiger partial charge is 0.392 e. The van der Waals surface area contributed by atoms with Crippen LogP contribution in [0.5, 0.6) is 0 Å². The van der Waals surface area contributed by atoms with Gasteiger partial charge in [0, 0.05) is 28.6 Å². The first-order valence-corrected chi connectivity index (χ1v) is 17.0. The van der Waals surface area contributed by atoms with E-state index in [2.05, 4.69) is 157 Å². The number of benzene rings is 9. The van der Waals surface area contributed by atoms with Gasteiger partial charge in [0.1, 0.15) is 0 Å². The van der Waals surface area contributed by atoms with Crippen molar-refractivity contribution in [3.63, 3.8) is 0 Å². The van der Waals surface area contributed by atoms with Gasteiger partial charge in [0.2, 0.25) is 0 Å². The number of nitrogens with zero attached hydrogens (tertiary/aromatic N) is 1. The molecule has 234 valence electrons. The zero-order valence-corrected chi connectivity index (χ0v) is 26.7. The molecule has 0 bridgehead atoms. The second-order valence-electron chi connectivity index (χ2n) is 13.5. The van der Waals surface area contributed by atoms with E-state index in [0.29, 0.717) is 0 Å². The summed E-state index contributed by atoms with van der Waals surface area (Å²) in [5, 5.41) is 35.8. The molecule has 3 nitrogen and oxygen atoms in total. The van der Waals surface area contributed by atoms with E-state index in [9.17, 15) is 10.2 Å². The average Bonchev–Trinajstić information content (AvgIpc) is 3.15. The van der Waals surface area contributed by atoms with Gasteiger partial charge in [-0.15, -0.1) is 0 Å². The summed E-state index contributed by atoms with van der Waals surface area (Å²) in [5.41, 5.74) is 5.16. The van der Waals surface area contributed by atoms with Crippen LogP contribution in [0, 0.1) is 0 Å². The van der Waals surface area contributed by atoms with Gasteiger partial charge in [0.15, 0.2) is 0 Å². The first kappa shape index (κ1) is 28.3. The minimum absolute atomic E-state index is 0.403. The topological polar surface area (TPSA) is 43.7 Å². The summed E-state index contributed by atoms with van der Waals surface area (Å²) in [6.45, 7) is 0. The lowest BCUT2D eigenvalue weighted by molar-refractivity contribution is -0.0775. The number of anilines is 3.